The summed E-state index contributed by atoms with van der Waals surface area (Å²) in [6, 6.07) is 49.5. The minimum Gasteiger partial charge on any atom is -0.321 e. The Balaban J connectivity index is 1.08. The largest absolute Gasteiger partial charge is 0.321 e. The molecular formula is C44H34N4O3S2. The van der Waals surface area contributed by atoms with Gasteiger partial charge in [-0.2, -0.15) is 0 Å². The molecule has 7 aromatic rings. The average molecular weight is 731 g/mol. The smallest absolute Gasteiger partial charge is 0.272 e. The van der Waals surface area contributed by atoms with E-state index in [1.165, 1.54) is 23.1 Å². The number of hydrogen-bond donors (Lipinski definition) is 3. The number of amides is 3. The SMILES string of the molecule is Cc1ccc2nc(NC(=O)C(Sc3ccc(NC(=O)/C(=C/c4ccc(-c5ccccc5)cc4)NC(=O)c4ccccc4)cc3)c3ccccc3)sc2c1. The summed E-state index contributed by atoms with van der Waals surface area (Å²) in [5.74, 6) is -1.06. The van der Waals surface area contributed by atoms with Crippen LogP contribution in [0.1, 0.15) is 32.3 Å². The van der Waals surface area contributed by atoms with Gasteiger partial charge in [0.2, 0.25) is 5.91 Å². The molecule has 3 N–H and O–H groups in total. The maximum Gasteiger partial charge on any atom is 0.272 e. The Morgan fingerprint density at radius 3 is 2.04 bits per heavy atom. The van der Waals surface area contributed by atoms with Gasteiger partial charge < -0.3 is 16.0 Å². The molecule has 3 amide bonds. The molecule has 1 atom stereocenters. The van der Waals surface area contributed by atoms with Crippen LogP contribution >= 0.6 is 23.1 Å². The van der Waals surface area contributed by atoms with Crippen molar-refractivity contribution in [3.63, 3.8) is 0 Å². The van der Waals surface area contributed by atoms with Crippen LogP contribution in [0.4, 0.5) is 10.8 Å². The van der Waals surface area contributed by atoms with Crippen LogP contribution in [0, 0.1) is 6.92 Å². The summed E-state index contributed by atoms with van der Waals surface area (Å²) < 4.78 is 1.01. The van der Waals surface area contributed by atoms with Crippen molar-refractivity contribution in [2.45, 2.75) is 17.1 Å². The molecule has 1 heterocycles. The molecule has 7 nitrogen and oxygen atoms in total. The molecular weight excluding hydrogens is 697 g/mol. The first kappa shape index (κ1) is 35.1. The molecule has 0 fully saturated rings. The molecule has 0 aliphatic carbocycles. The molecule has 7 rings (SSSR count). The van der Waals surface area contributed by atoms with Crippen molar-refractivity contribution in [3.05, 3.63) is 186 Å². The van der Waals surface area contributed by atoms with E-state index in [-0.39, 0.29) is 11.6 Å². The van der Waals surface area contributed by atoms with Crippen molar-refractivity contribution < 1.29 is 14.4 Å². The normalized spacial score (nSPS) is 11.8. The molecule has 6 aromatic carbocycles. The second-order valence-electron chi connectivity index (χ2n) is 12.2. The Morgan fingerprint density at radius 2 is 1.34 bits per heavy atom. The predicted octanol–water partition coefficient (Wildman–Crippen LogP) is 10.2. The van der Waals surface area contributed by atoms with E-state index in [4.69, 9.17) is 0 Å². The van der Waals surface area contributed by atoms with E-state index in [9.17, 15) is 14.4 Å². The van der Waals surface area contributed by atoms with E-state index in [2.05, 4.69) is 27.0 Å². The third kappa shape index (κ3) is 8.96. The topological polar surface area (TPSA) is 100 Å². The highest BCUT2D eigenvalue weighted by atomic mass is 32.2. The molecule has 0 aliphatic heterocycles. The van der Waals surface area contributed by atoms with Crippen molar-refractivity contribution in [2.75, 3.05) is 10.6 Å². The number of nitrogens with one attached hydrogen (secondary N) is 3. The number of fused-ring (bicyclic) bond motifs is 1. The van der Waals surface area contributed by atoms with Crippen LogP contribution in [-0.4, -0.2) is 22.7 Å². The van der Waals surface area contributed by atoms with Crippen LogP contribution in [0.15, 0.2) is 168 Å². The third-order valence-corrected chi connectivity index (χ3v) is 10.5. The van der Waals surface area contributed by atoms with Gasteiger partial charge in [-0.25, -0.2) is 4.98 Å². The van der Waals surface area contributed by atoms with Gasteiger partial charge >= 0.3 is 0 Å². The zero-order valence-electron chi connectivity index (χ0n) is 28.7. The zero-order valence-corrected chi connectivity index (χ0v) is 30.3. The van der Waals surface area contributed by atoms with Gasteiger partial charge in [0.25, 0.3) is 11.8 Å². The first-order valence-corrected chi connectivity index (χ1v) is 18.6. The second-order valence-corrected chi connectivity index (χ2v) is 14.4. The van der Waals surface area contributed by atoms with Crippen LogP contribution in [0.25, 0.3) is 27.4 Å². The fraction of sp³-hybridized carbons (Fsp3) is 0.0455. The highest BCUT2D eigenvalue weighted by Gasteiger charge is 2.24. The highest BCUT2D eigenvalue weighted by Crippen LogP contribution is 2.37. The van der Waals surface area contributed by atoms with Gasteiger partial charge in [0, 0.05) is 16.1 Å². The van der Waals surface area contributed by atoms with Crippen LogP contribution in [0.3, 0.4) is 0 Å². The lowest BCUT2D eigenvalue weighted by Gasteiger charge is -2.17. The summed E-state index contributed by atoms with van der Waals surface area (Å²) in [7, 11) is 0. The Kier molecular flexibility index (Phi) is 10.9. The molecule has 9 heteroatoms. The van der Waals surface area contributed by atoms with E-state index in [1.54, 1.807) is 42.5 Å². The summed E-state index contributed by atoms with van der Waals surface area (Å²) in [5.41, 5.74) is 6.76. The molecule has 0 aliphatic rings. The van der Waals surface area contributed by atoms with Gasteiger partial charge in [-0.05, 0) is 89.3 Å². The van der Waals surface area contributed by atoms with Crippen molar-refractivity contribution in [1.29, 1.82) is 0 Å². The third-order valence-electron chi connectivity index (χ3n) is 8.34. The molecule has 53 heavy (non-hydrogen) atoms. The predicted molar refractivity (Wildman–Crippen MR) is 217 cm³/mol. The molecule has 1 unspecified atom stereocenters. The fourth-order valence-electron chi connectivity index (χ4n) is 5.62. The summed E-state index contributed by atoms with van der Waals surface area (Å²) in [6.07, 6.45) is 1.66. The molecule has 0 radical (unpaired) electrons. The maximum absolute atomic E-state index is 13.7. The molecule has 1 aromatic heterocycles. The number of hydrogen-bond acceptors (Lipinski definition) is 6. The van der Waals surface area contributed by atoms with Crippen molar-refractivity contribution in [1.82, 2.24) is 10.3 Å². The Hall–Kier alpha value is -6.29. The lowest BCUT2D eigenvalue weighted by Crippen LogP contribution is -2.30. The number of benzene rings is 6. The highest BCUT2D eigenvalue weighted by molar-refractivity contribution is 8.00. The van der Waals surface area contributed by atoms with Gasteiger partial charge in [-0.1, -0.05) is 121 Å². The standard InChI is InChI=1S/C44H34N4O3S2/c1-29-17-26-37-39(27-29)53-44(47-37)48-43(51)40(33-13-7-3-8-14-33)52-36-24-22-35(23-25-36)45-42(50)38(46-41(49)34-15-9-4-10-16-34)28-30-18-20-32(21-19-30)31-11-5-2-6-12-31/h2-28,40H,1H3,(H,45,50)(H,46,49)(H,47,48,51)/b38-28-. The summed E-state index contributed by atoms with van der Waals surface area (Å²) in [4.78, 5) is 46.0. The minimum absolute atomic E-state index is 0.0931. The quantitative estimate of drug-likeness (QED) is 0.0909. The van der Waals surface area contributed by atoms with Gasteiger partial charge in [0.05, 0.1) is 10.2 Å². The van der Waals surface area contributed by atoms with Gasteiger partial charge in [-0.3, -0.25) is 14.4 Å². The van der Waals surface area contributed by atoms with E-state index in [0.29, 0.717) is 16.4 Å². The van der Waals surface area contributed by atoms with Crippen molar-refractivity contribution in [3.8, 4) is 11.1 Å². The minimum atomic E-state index is -0.554. The summed E-state index contributed by atoms with van der Waals surface area (Å²) in [6.45, 7) is 2.03. The van der Waals surface area contributed by atoms with Gasteiger partial charge in [0.15, 0.2) is 5.13 Å². The van der Waals surface area contributed by atoms with E-state index in [0.717, 1.165) is 42.9 Å². The number of carbonyl (C=O) groups is 3. The van der Waals surface area contributed by atoms with Crippen LogP contribution in [0.2, 0.25) is 0 Å². The van der Waals surface area contributed by atoms with Gasteiger partial charge in [-0.15, -0.1) is 11.8 Å². The summed E-state index contributed by atoms with van der Waals surface area (Å²) in [5, 5.41) is 8.75. The molecule has 260 valence electrons. The Bertz CT molecular complexity index is 2400. The number of carbonyl (C=O) groups excluding carboxylic acids is 3. The molecule has 0 bridgehead atoms. The number of aryl methyl sites for hydroxylation is 1. The average Bonchev–Trinajstić information content (AvgIpc) is 3.59. The van der Waals surface area contributed by atoms with Gasteiger partial charge in [0.1, 0.15) is 10.9 Å². The number of rotatable bonds is 11. The summed E-state index contributed by atoms with van der Waals surface area (Å²) >= 11 is 2.85. The number of thioether (sulfide) groups is 1. The fourth-order valence-corrected chi connectivity index (χ4v) is 7.61. The lowest BCUT2D eigenvalue weighted by atomic mass is 10.0. The number of anilines is 2. The molecule has 0 saturated heterocycles. The second kappa shape index (κ2) is 16.4. The van der Waals surface area contributed by atoms with E-state index in [1.807, 2.05) is 122 Å². The lowest BCUT2D eigenvalue weighted by molar-refractivity contribution is -0.116. The zero-order chi connectivity index (χ0) is 36.6. The first-order valence-electron chi connectivity index (χ1n) is 16.9. The van der Waals surface area contributed by atoms with Crippen LogP contribution < -0.4 is 16.0 Å². The van der Waals surface area contributed by atoms with Crippen LogP contribution in [0.5, 0.6) is 0 Å². The maximum atomic E-state index is 13.7. The van der Waals surface area contributed by atoms with Crippen LogP contribution in [-0.2, 0) is 9.59 Å². The van der Waals surface area contributed by atoms with Crippen molar-refractivity contribution >= 4 is 67.9 Å². The number of nitrogens with zero attached hydrogens (tertiary/aromatic N) is 1. The first-order chi connectivity index (χ1) is 25.9. The number of aromatic nitrogens is 1. The number of thiazole rings is 1. The Morgan fingerprint density at radius 1 is 0.698 bits per heavy atom. The van der Waals surface area contributed by atoms with Crippen molar-refractivity contribution in [2.24, 2.45) is 0 Å². The molecule has 0 saturated carbocycles. The van der Waals surface area contributed by atoms with E-state index < -0.39 is 17.1 Å². The Labute approximate surface area is 315 Å². The monoisotopic (exact) mass is 730 g/mol. The van der Waals surface area contributed by atoms with E-state index >= 15 is 0 Å². The molecule has 0 spiro atoms.